The van der Waals surface area contributed by atoms with Crippen LogP contribution in [0.15, 0.2) is 34.6 Å². The smallest absolute Gasteiger partial charge is 0.262 e. The van der Waals surface area contributed by atoms with E-state index >= 15 is 0 Å². The molecular formula is C18H20N4OS. The molecule has 0 amide bonds. The van der Waals surface area contributed by atoms with Crippen LogP contribution < -0.4 is 10.5 Å². The van der Waals surface area contributed by atoms with Crippen molar-refractivity contribution in [2.45, 2.75) is 38.6 Å². The van der Waals surface area contributed by atoms with Crippen LogP contribution in [0.1, 0.15) is 32.6 Å². The third-order valence-electron chi connectivity index (χ3n) is 4.75. The number of aromatic amines is 1. The summed E-state index contributed by atoms with van der Waals surface area (Å²) < 4.78 is 0. The molecular weight excluding hydrogens is 320 g/mol. The molecule has 1 fully saturated rings. The van der Waals surface area contributed by atoms with E-state index in [0.717, 1.165) is 36.2 Å². The monoisotopic (exact) mass is 340 g/mol. The fourth-order valence-electron chi connectivity index (χ4n) is 3.53. The molecule has 0 saturated carbocycles. The van der Waals surface area contributed by atoms with E-state index in [0.29, 0.717) is 23.0 Å². The van der Waals surface area contributed by atoms with E-state index < -0.39 is 0 Å². The predicted molar refractivity (Wildman–Crippen MR) is 98.7 cm³/mol. The van der Waals surface area contributed by atoms with E-state index in [2.05, 4.69) is 21.8 Å². The molecule has 24 heavy (non-hydrogen) atoms. The SMILES string of the molecule is CCC1CCCCN1c1nc2nccc(-c3cccs3)c2c(=O)[nH]1. The minimum absolute atomic E-state index is 0.105. The summed E-state index contributed by atoms with van der Waals surface area (Å²) in [6.45, 7) is 3.13. The highest BCUT2D eigenvalue weighted by Crippen LogP contribution is 2.29. The Morgan fingerprint density at radius 2 is 2.29 bits per heavy atom. The molecule has 4 rings (SSSR count). The van der Waals surface area contributed by atoms with Crippen molar-refractivity contribution in [1.29, 1.82) is 0 Å². The van der Waals surface area contributed by atoms with Crippen molar-refractivity contribution >= 4 is 28.3 Å². The summed E-state index contributed by atoms with van der Waals surface area (Å²) in [5.41, 5.74) is 1.33. The summed E-state index contributed by atoms with van der Waals surface area (Å²) in [5.74, 6) is 0.662. The van der Waals surface area contributed by atoms with Gasteiger partial charge in [-0.3, -0.25) is 9.78 Å². The largest absolute Gasteiger partial charge is 0.339 e. The maximum Gasteiger partial charge on any atom is 0.262 e. The molecule has 0 bridgehead atoms. The summed E-state index contributed by atoms with van der Waals surface area (Å²) in [7, 11) is 0. The molecule has 1 atom stereocenters. The standard InChI is InChI=1S/C18H20N4OS/c1-2-12-6-3-4-10-22(12)18-20-16-15(17(23)21-18)13(8-9-19-16)14-7-5-11-24-14/h5,7-9,11-12H,2-4,6,10H2,1H3,(H,19,20,21,23). The highest BCUT2D eigenvalue weighted by molar-refractivity contribution is 7.13. The molecule has 1 aliphatic rings. The van der Waals surface area contributed by atoms with E-state index in [9.17, 15) is 4.79 Å². The summed E-state index contributed by atoms with van der Waals surface area (Å²) in [6, 6.07) is 6.34. The van der Waals surface area contributed by atoms with Crippen LogP contribution >= 0.6 is 11.3 Å². The van der Waals surface area contributed by atoms with Crippen LogP contribution in [-0.4, -0.2) is 27.5 Å². The highest BCUT2D eigenvalue weighted by atomic mass is 32.1. The molecule has 1 N–H and O–H groups in total. The minimum atomic E-state index is -0.105. The minimum Gasteiger partial charge on any atom is -0.339 e. The zero-order chi connectivity index (χ0) is 16.5. The van der Waals surface area contributed by atoms with Gasteiger partial charge in [-0.25, -0.2) is 4.98 Å². The van der Waals surface area contributed by atoms with Gasteiger partial charge >= 0.3 is 0 Å². The van der Waals surface area contributed by atoms with E-state index in [4.69, 9.17) is 4.98 Å². The maximum absolute atomic E-state index is 12.8. The van der Waals surface area contributed by atoms with Crippen LogP contribution in [0.5, 0.6) is 0 Å². The van der Waals surface area contributed by atoms with E-state index in [1.807, 2.05) is 23.6 Å². The maximum atomic E-state index is 12.8. The Morgan fingerprint density at radius 1 is 1.38 bits per heavy atom. The lowest BCUT2D eigenvalue weighted by Gasteiger charge is -2.35. The topological polar surface area (TPSA) is 61.9 Å². The number of aromatic nitrogens is 3. The summed E-state index contributed by atoms with van der Waals surface area (Å²) in [6.07, 6.45) is 6.33. The molecule has 1 unspecified atom stereocenters. The molecule has 0 aromatic carbocycles. The third-order valence-corrected chi connectivity index (χ3v) is 5.66. The van der Waals surface area contributed by atoms with Crippen LogP contribution in [0.2, 0.25) is 0 Å². The highest BCUT2D eigenvalue weighted by Gasteiger charge is 2.24. The van der Waals surface area contributed by atoms with Gasteiger partial charge in [0.2, 0.25) is 5.95 Å². The molecule has 124 valence electrons. The number of nitrogens with zero attached hydrogens (tertiary/aromatic N) is 3. The molecule has 3 aromatic heterocycles. The van der Waals surface area contributed by atoms with Gasteiger partial charge in [-0.1, -0.05) is 13.0 Å². The lowest BCUT2D eigenvalue weighted by Crippen LogP contribution is -2.41. The first-order valence-electron chi connectivity index (χ1n) is 8.47. The first kappa shape index (κ1) is 15.3. The van der Waals surface area contributed by atoms with Crippen molar-refractivity contribution in [3.05, 3.63) is 40.1 Å². The second-order valence-electron chi connectivity index (χ2n) is 6.18. The lowest BCUT2D eigenvalue weighted by molar-refractivity contribution is 0.443. The van der Waals surface area contributed by atoms with Crippen molar-refractivity contribution in [1.82, 2.24) is 15.0 Å². The molecule has 5 nitrogen and oxygen atoms in total. The van der Waals surface area contributed by atoms with Gasteiger partial charge < -0.3 is 4.90 Å². The fraction of sp³-hybridized carbons (Fsp3) is 0.389. The number of pyridine rings is 1. The Labute approximate surface area is 144 Å². The number of hydrogen-bond donors (Lipinski definition) is 1. The van der Waals surface area contributed by atoms with Crippen molar-refractivity contribution in [2.75, 3.05) is 11.4 Å². The fourth-order valence-corrected chi connectivity index (χ4v) is 4.29. The molecule has 6 heteroatoms. The number of anilines is 1. The average Bonchev–Trinajstić information content (AvgIpc) is 3.15. The molecule has 4 heterocycles. The molecule has 3 aromatic rings. The number of rotatable bonds is 3. The number of thiophene rings is 1. The van der Waals surface area contributed by atoms with Gasteiger partial charge in [0.25, 0.3) is 5.56 Å². The number of fused-ring (bicyclic) bond motifs is 1. The van der Waals surface area contributed by atoms with E-state index in [1.54, 1.807) is 17.5 Å². The van der Waals surface area contributed by atoms with Crippen molar-refractivity contribution in [3.8, 4) is 10.4 Å². The van der Waals surface area contributed by atoms with Crippen LogP contribution in [0.25, 0.3) is 21.5 Å². The normalized spacial score (nSPS) is 18.2. The number of hydrogen-bond acceptors (Lipinski definition) is 5. The van der Waals surface area contributed by atoms with Gasteiger partial charge in [0, 0.05) is 29.2 Å². The molecule has 1 saturated heterocycles. The zero-order valence-electron chi connectivity index (χ0n) is 13.7. The number of piperidine rings is 1. The molecule has 1 aliphatic heterocycles. The summed E-state index contributed by atoms with van der Waals surface area (Å²) in [4.78, 5) is 28.2. The second-order valence-corrected chi connectivity index (χ2v) is 7.12. The predicted octanol–water partition coefficient (Wildman–Crippen LogP) is 3.82. The Morgan fingerprint density at radius 3 is 3.08 bits per heavy atom. The number of H-pyrrole nitrogens is 1. The van der Waals surface area contributed by atoms with Gasteiger partial charge in [-0.15, -0.1) is 11.3 Å². The lowest BCUT2D eigenvalue weighted by atomic mass is 10.0. The Hall–Kier alpha value is -2.21. The quantitative estimate of drug-likeness (QED) is 0.787. The van der Waals surface area contributed by atoms with Crippen molar-refractivity contribution in [2.24, 2.45) is 0 Å². The Kier molecular flexibility index (Phi) is 4.06. The van der Waals surface area contributed by atoms with E-state index in [1.165, 1.54) is 6.42 Å². The zero-order valence-corrected chi connectivity index (χ0v) is 14.5. The van der Waals surface area contributed by atoms with Gasteiger partial charge in [-0.05, 0) is 43.2 Å². The second kappa shape index (κ2) is 6.36. The van der Waals surface area contributed by atoms with Crippen LogP contribution in [0.3, 0.4) is 0 Å². The Bertz CT molecular complexity index is 903. The van der Waals surface area contributed by atoms with Crippen LogP contribution in [-0.2, 0) is 0 Å². The first-order chi connectivity index (χ1) is 11.8. The van der Waals surface area contributed by atoms with Crippen LogP contribution in [0, 0.1) is 0 Å². The third kappa shape index (κ3) is 2.60. The average molecular weight is 340 g/mol. The van der Waals surface area contributed by atoms with Gasteiger partial charge in [-0.2, -0.15) is 4.98 Å². The van der Waals surface area contributed by atoms with Gasteiger partial charge in [0.1, 0.15) is 0 Å². The number of nitrogens with one attached hydrogen (secondary N) is 1. The molecule has 0 aliphatic carbocycles. The molecule has 0 radical (unpaired) electrons. The molecule has 0 spiro atoms. The Balaban J connectivity index is 1.85. The summed E-state index contributed by atoms with van der Waals surface area (Å²) in [5, 5.41) is 2.59. The van der Waals surface area contributed by atoms with Crippen LogP contribution in [0.4, 0.5) is 5.95 Å². The van der Waals surface area contributed by atoms with Gasteiger partial charge in [0.05, 0.1) is 5.39 Å². The van der Waals surface area contributed by atoms with Crippen molar-refractivity contribution < 1.29 is 0 Å². The first-order valence-corrected chi connectivity index (χ1v) is 9.35. The van der Waals surface area contributed by atoms with E-state index in [-0.39, 0.29) is 5.56 Å². The van der Waals surface area contributed by atoms with Crippen molar-refractivity contribution in [3.63, 3.8) is 0 Å². The van der Waals surface area contributed by atoms with Gasteiger partial charge in [0.15, 0.2) is 5.65 Å². The summed E-state index contributed by atoms with van der Waals surface area (Å²) >= 11 is 1.62.